The minimum Gasteiger partial charge on any atom is -0.350 e. The number of nitrogens with one attached hydrogen (secondary N) is 1. The number of amides is 1. The smallest absolute Gasteiger partial charge is 0.232 e. The number of nitrogens with zero attached hydrogens (tertiary/aromatic N) is 1. The first-order valence-corrected chi connectivity index (χ1v) is 11.7. The van der Waals surface area contributed by atoms with Crippen LogP contribution in [0.1, 0.15) is 53.6 Å². The van der Waals surface area contributed by atoms with Crippen molar-refractivity contribution in [3.63, 3.8) is 0 Å². The van der Waals surface area contributed by atoms with Gasteiger partial charge < -0.3 is 5.32 Å². The molecule has 5 nitrogen and oxygen atoms in total. The third-order valence-electron chi connectivity index (χ3n) is 4.93. The van der Waals surface area contributed by atoms with Gasteiger partial charge in [-0.15, -0.1) is 0 Å². The summed E-state index contributed by atoms with van der Waals surface area (Å²) in [5.41, 5.74) is 6.10. The normalized spacial score (nSPS) is 12.5. The van der Waals surface area contributed by atoms with Gasteiger partial charge in [0, 0.05) is 13.0 Å². The van der Waals surface area contributed by atoms with Gasteiger partial charge in [-0.25, -0.2) is 8.42 Å². The van der Waals surface area contributed by atoms with Gasteiger partial charge in [-0.3, -0.25) is 9.10 Å². The van der Waals surface area contributed by atoms with Gasteiger partial charge in [-0.1, -0.05) is 29.8 Å². The highest BCUT2D eigenvalue weighted by atomic mass is 32.2. The second kappa shape index (κ2) is 9.44. The lowest BCUT2D eigenvalue weighted by molar-refractivity contribution is -0.121. The number of carbonyl (C=O) groups is 1. The van der Waals surface area contributed by atoms with E-state index in [1.807, 2.05) is 65.0 Å². The molecule has 0 fully saturated rings. The molecule has 0 bridgehead atoms. The minimum absolute atomic E-state index is 0.0775. The van der Waals surface area contributed by atoms with Gasteiger partial charge in [0.15, 0.2) is 0 Å². The third-order valence-corrected chi connectivity index (χ3v) is 6.12. The largest absolute Gasteiger partial charge is 0.350 e. The van der Waals surface area contributed by atoms with Crippen LogP contribution in [0.2, 0.25) is 0 Å². The monoisotopic (exact) mass is 416 g/mol. The number of hydrogen-bond donors (Lipinski definition) is 1. The van der Waals surface area contributed by atoms with Crippen LogP contribution in [0.25, 0.3) is 0 Å². The molecule has 0 aliphatic rings. The Morgan fingerprint density at radius 3 is 2.17 bits per heavy atom. The number of rotatable bonds is 8. The number of anilines is 1. The first-order chi connectivity index (χ1) is 13.5. The third kappa shape index (κ3) is 6.60. The molecule has 0 saturated carbocycles. The number of hydrogen-bond acceptors (Lipinski definition) is 3. The molecular formula is C23H32N2O3S. The van der Waals surface area contributed by atoms with Crippen LogP contribution in [-0.2, 0) is 14.8 Å². The lowest BCUT2D eigenvalue weighted by atomic mass is 10.00. The van der Waals surface area contributed by atoms with E-state index in [-0.39, 0.29) is 24.9 Å². The summed E-state index contributed by atoms with van der Waals surface area (Å²) in [6.07, 6.45) is 1.92. The van der Waals surface area contributed by atoms with Gasteiger partial charge in [-0.05, 0) is 75.4 Å². The lowest BCUT2D eigenvalue weighted by Gasteiger charge is -2.23. The van der Waals surface area contributed by atoms with Crippen molar-refractivity contribution in [2.45, 2.75) is 53.5 Å². The molecule has 158 valence electrons. The van der Waals surface area contributed by atoms with Crippen LogP contribution in [0.15, 0.2) is 36.4 Å². The number of sulfonamides is 1. The summed E-state index contributed by atoms with van der Waals surface area (Å²) >= 11 is 0. The zero-order valence-corrected chi connectivity index (χ0v) is 19.1. The van der Waals surface area contributed by atoms with Gasteiger partial charge in [0.2, 0.25) is 15.9 Å². The Hall–Kier alpha value is -2.34. The summed E-state index contributed by atoms with van der Waals surface area (Å²) in [4.78, 5) is 12.4. The summed E-state index contributed by atoms with van der Waals surface area (Å²) in [5.74, 6) is -0.0775. The van der Waals surface area contributed by atoms with Crippen molar-refractivity contribution >= 4 is 21.6 Å². The molecule has 1 N–H and O–H groups in total. The predicted molar refractivity (Wildman–Crippen MR) is 120 cm³/mol. The highest BCUT2D eigenvalue weighted by Crippen LogP contribution is 2.22. The maximum absolute atomic E-state index is 12.4. The van der Waals surface area contributed by atoms with Crippen LogP contribution in [-0.4, -0.2) is 27.1 Å². The van der Waals surface area contributed by atoms with Crippen LogP contribution in [0, 0.1) is 27.7 Å². The first-order valence-electron chi connectivity index (χ1n) is 9.90. The molecule has 1 amide bonds. The molecule has 2 aromatic rings. The fourth-order valence-corrected chi connectivity index (χ4v) is 4.62. The summed E-state index contributed by atoms with van der Waals surface area (Å²) in [6.45, 7) is 10.2. The molecule has 2 aromatic carbocycles. The van der Waals surface area contributed by atoms with Crippen molar-refractivity contribution in [1.82, 2.24) is 5.32 Å². The van der Waals surface area contributed by atoms with Gasteiger partial charge >= 0.3 is 0 Å². The number of aryl methyl sites for hydroxylation is 4. The van der Waals surface area contributed by atoms with Crippen LogP contribution in [0.3, 0.4) is 0 Å². The maximum atomic E-state index is 12.4. The van der Waals surface area contributed by atoms with Crippen molar-refractivity contribution in [2.24, 2.45) is 0 Å². The van der Waals surface area contributed by atoms with Gasteiger partial charge in [-0.2, -0.15) is 0 Å². The molecule has 1 atom stereocenters. The molecule has 0 heterocycles. The molecule has 6 heteroatoms. The van der Waals surface area contributed by atoms with E-state index in [1.54, 1.807) is 0 Å². The SMILES string of the molecule is Cc1cc(C)cc(N(CCCC(=O)N[C@@H](C)c2ccc(C)cc2C)S(C)(=O)=O)c1. The molecule has 0 spiro atoms. The Labute approximate surface area is 175 Å². The predicted octanol–water partition coefficient (Wildman–Crippen LogP) is 4.34. The van der Waals surface area contributed by atoms with E-state index in [0.717, 1.165) is 22.3 Å². The van der Waals surface area contributed by atoms with E-state index in [1.165, 1.54) is 16.1 Å². The molecule has 0 unspecified atom stereocenters. The Bertz CT molecular complexity index is 963. The van der Waals surface area contributed by atoms with Crippen molar-refractivity contribution < 1.29 is 13.2 Å². The zero-order valence-electron chi connectivity index (χ0n) is 18.2. The van der Waals surface area contributed by atoms with Crippen LogP contribution in [0.5, 0.6) is 0 Å². The van der Waals surface area contributed by atoms with E-state index < -0.39 is 10.0 Å². The van der Waals surface area contributed by atoms with Crippen molar-refractivity contribution in [2.75, 3.05) is 17.1 Å². The first kappa shape index (κ1) is 22.9. The molecule has 0 radical (unpaired) electrons. The second-order valence-electron chi connectivity index (χ2n) is 7.93. The fraction of sp³-hybridized carbons (Fsp3) is 0.435. The Kier molecular flexibility index (Phi) is 7.47. The Balaban J connectivity index is 1.99. The number of carbonyl (C=O) groups excluding carboxylic acids is 1. The zero-order chi connectivity index (χ0) is 21.8. The van der Waals surface area contributed by atoms with E-state index in [4.69, 9.17) is 0 Å². The molecule has 0 aliphatic heterocycles. The quantitative estimate of drug-likeness (QED) is 0.696. The molecule has 29 heavy (non-hydrogen) atoms. The topological polar surface area (TPSA) is 66.5 Å². The second-order valence-corrected chi connectivity index (χ2v) is 9.84. The minimum atomic E-state index is -3.42. The van der Waals surface area contributed by atoms with Gasteiger partial charge in [0.1, 0.15) is 0 Å². The van der Waals surface area contributed by atoms with Gasteiger partial charge in [0.05, 0.1) is 18.0 Å². The van der Waals surface area contributed by atoms with E-state index in [0.29, 0.717) is 12.1 Å². The van der Waals surface area contributed by atoms with Crippen molar-refractivity contribution in [1.29, 1.82) is 0 Å². The molecule has 0 saturated heterocycles. The molecule has 0 aliphatic carbocycles. The van der Waals surface area contributed by atoms with Crippen LogP contribution in [0.4, 0.5) is 5.69 Å². The van der Waals surface area contributed by atoms with E-state index in [2.05, 4.69) is 11.4 Å². The van der Waals surface area contributed by atoms with E-state index in [9.17, 15) is 13.2 Å². The summed E-state index contributed by atoms with van der Waals surface area (Å²) in [5, 5.41) is 3.02. The fourth-order valence-electron chi connectivity index (χ4n) is 3.67. The van der Waals surface area contributed by atoms with Gasteiger partial charge in [0.25, 0.3) is 0 Å². The molecule has 0 aromatic heterocycles. The molecular weight excluding hydrogens is 384 g/mol. The summed E-state index contributed by atoms with van der Waals surface area (Å²) in [7, 11) is -3.42. The molecule has 2 rings (SSSR count). The summed E-state index contributed by atoms with van der Waals surface area (Å²) < 4.78 is 25.9. The summed E-state index contributed by atoms with van der Waals surface area (Å²) in [6, 6.07) is 11.8. The van der Waals surface area contributed by atoms with Crippen molar-refractivity contribution in [3.8, 4) is 0 Å². The van der Waals surface area contributed by atoms with Crippen LogP contribution < -0.4 is 9.62 Å². The van der Waals surface area contributed by atoms with E-state index >= 15 is 0 Å². The average molecular weight is 417 g/mol. The highest BCUT2D eigenvalue weighted by molar-refractivity contribution is 7.92. The van der Waals surface area contributed by atoms with Crippen LogP contribution >= 0.6 is 0 Å². The maximum Gasteiger partial charge on any atom is 0.232 e. The average Bonchev–Trinajstić information content (AvgIpc) is 2.56. The van der Waals surface area contributed by atoms with Crippen molar-refractivity contribution in [3.05, 3.63) is 64.2 Å². The number of benzene rings is 2. The Morgan fingerprint density at radius 1 is 1.00 bits per heavy atom. The Morgan fingerprint density at radius 2 is 1.62 bits per heavy atom. The lowest BCUT2D eigenvalue weighted by Crippen LogP contribution is -2.32. The standard InChI is InChI=1S/C23H32N2O3S/c1-16-9-10-22(19(4)13-16)20(5)24-23(26)8-7-11-25(29(6,27)28)21-14-17(2)12-18(3)15-21/h9-10,12-15,20H,7-8,11H2,1-6H3,(H,24,26)/t20-/m0/s1. The highest BCUT2D eigenvalue weighted by Gasteiger charge is 2.19.